The van der Waals surface area contributed by atoms with E-state index in [0.717, 1.165) is 16.7 Å². The molecule has 7 heteroatoms. The van der Waals surface area contributed by atoms with Gasteiger partial charge in [-0.15, -0.1) is 6.58 Å². The molecule has 0 bridgehead atoms. The van der Waals surface area contributed by atoms with Gasteiger partial charge in [0.15, 0.2) is 0 Å². The van der Waals surface area contributed by atoms with Gasteiger partial charge in [0.1, 0.15) is 24.0 Å². The van der Waals surface area contributed by atoms with E-state index in [1.54, 1.807) is 30.3 Å². The van der Waals surface area contributed by atoms with Gasteiger partial charge in [-0.3, -0.25) is 4.79 Å². The monoisotopic (exact) mass is 554 g/mol. The molecule has 34 heavy (non-hydrogen) atoms. The quantitative estimate of drug-likeness (QED) is 0.174. The summed E-state index contributed by atoms with van der Waals surface area (Å²) < 4.78 is 6.82. The lowest BCUT2D eigenvalue weighted by atomic mass is 10.0. The van der Waals surface area contributed by atoms with E-state index in [9.17, 15) is 10.1 Å². The standard InChI is InChI=1S/C27H21BrCl2N2O2/c1-3-6-20-12-19(14-22(28)26(20)34-16-18-8-4-7-17(2)11-18)13-21(15-31)27(33)32-24-10-5-9-23(29)25(24)30/h3-5,7-14H,1,6,16H2,2H3,(H,32,33)/b21-13-. The number of allylic oxidation sites excluding steroid dienone is 1. The van der Waals surface area contributed by atoms with Crippen molar-refractivity contribution in [2.45, 2.75) is 20.0 Å². The Morgan fingerprint density at radius 3 is 2.68 bits per heavy atom. The number of benzene rings is 3. The van der Waals surface area contributed by atoms with E-state index in [2.05, 4.69) is 33.9 Å². The average Bonchev–Trinajstić information content (AvgIpc) is 2.80. The molecular formula is C27H21BrCl2N2O2. The fourth-order valence-corrected chi connectivity index (χ4v) is 4.27. The van der Waals surface area contributed by atoms with Crippen molar-refractivity contribution in [1.29, 1.82) is 5.26 Å². The molecule has 0 saturated heterocycles. The zero-order valence-electron chi connectivity index (χ0n) is 18.4. The molecule has 0 aliphatic carbocycles. The van der Waals surface area contributed by atoms with E-state index in [1.807, 2.05) is 37.3 Å². The summed E-state index contributed by atoms with van der Waals surface area (Å²) in [4.78, 5) is 12.7. The number of hydrogen-bond donors (Lipinski definition) is 1. The molecule has 1 amide bonds. The highest BCUT2D eigenvalue weighted by atomic mass is 79.9. The molecule has 3 rings (SSSR count). The van der Waals surface area contributed by atoms with Gasteiger partial charge in [0.05, 0.1) is 20.2 Å². The van der Waals surface area contributed by atoms with Crippen molar-refractivity contribution in [2.24, 2.45) is 0 Å². The first-order valence-corrected chi connectivity index (χ1v) is 11.9. The predicted octanol–water partition coefficient (Wildman–Crippen LogP) is 7.92. The van der Waals surface area contributed by atoms with Crippen molar-refractivity contribution in [2.75, 3.05) is 5.32 Å². The van der Waals surface area contributed by atoms with Gasteiger partial charge in [0.2, 0.25) is 0 Å². The van der Waals surface area contributed by atoms with Crippen molar-refractivity contribution in [3.63, 3.8) is 0 Å². The normalized spacial score (nSPS) is 11.0. The Bertz CT molecular complexity index is 1310. The molecule has 0 spiro atoms. The van der Waals surface area contributed by atoms with Crippen LogP contribution in [0.1, 0.15) is 22.3 Å². The van der Waals surface area contributed by atoms with Crippen LogP contribution >= 0.6 is 39.1 Å². The van der Waals surface area contributed by atoms with Gasteiger partial charge >= 0.3 is 0 Å². The minimum atomic E-state index is -0.590. The summed E-state index contributed by atoms with van der Waals surface area (Å²) in [5.41, 5.74) is 4.00. The Morgan fingerprint density at radius 2 is 1.97 bits per heavy atom. The van der Waals surface area contributed by atoms with Crippen molar-refractivity contribution >= 4 is 56.8 Å². The second-order valence-electron chi connectivity index (χ2n) is 7.49. The Balaban J connectivity index is 1.87. The summed E-state index contributed by atoms with van der Waals surface area (Å²) in [6.07, 6.45) is 3.83. The molecule has 0 unspecified atom stereocenters. The van der Waals surface area contributed by atoms with Gasteiger partial charge in [-0.2, -0.15) is 5.26 Å². The van der Waals surface area contributed by atoms with E-state index in [-0.39, 0.29) is 10.6 Å². The number of nitrogens with one attached hydrogen (secondary N) is 1. The van der Waals surface area contributed by atoms with Crippen LogP contribution in [0.25, 0.3) is 6.08 Å². The van der Waals surface area contributed by atoms with Gasteiger partial charge in [-0.05, 0) is 76.3 Å². The maximum absolute atomic E-state index is 12.7. The molecule has 1 N–H and O–H groups in total. The fourth-order valence-electron chi connectivity index (χ4n) is 3.29. The van der Waals surface area contributed by atoms with E-state index >= 15 is 0 Å². The van der Waals surface area contributed by atoms with Crippen LogP contribution in [0.2, 0.25) is 10.0 Å². The first-order valence-electron chi connectivity index (χ1n) is 10.3. The molecule has 0 aliphatic rings. The third-order valence-corrected chi connectivity index (χ3v) is 6.26. The summed E-state index contributed by atoms with van der Waals surface area (Å²) >= 11 is 15.7. The summed E-state index contributed by atoms with van der Waals surface area (Å²) in [5.74, 6) is 0.0973. The van der Waals surface area contributed by atoms with E-state index in [1.165, 1.54) is 6.08 Å². The maximum Gasteiger partial charge on any atom is 0.266 e. The van der Waals surface area contributed by atoms with Crippen LogP contribution in [0.4, 0.5) is 5.69 Å². The first-order chi connectivity index (χ1) is 16.3. The van der Waals surface area contributed by atoms with E-state index in [4.69, 9.17) is 27.9 Å². The van der Waals surface area contributed by atoms with E-state index in [0.29, 0.717) is 39.5 Å². The van der Waals surface area contributed by atoms with Crippen LogP contribution in [-0.4, -0.2) is 5.91 Å². The third kappa shape index (κ3) is 6.51. The lowest BCUT2D eigenvalue weighted by Gasteiger charge is -2.14. The van der Waals surface area contributed by atoms with Crippen LogP contribution in [0.3, 0.4) is 0 Å². The molecule has 0 atom stereocenters. The molecule has 0 heterocycles. The van der Waals surface area contributed by atoms with Gasteiger partial charge in [-0.1, -0.05) is 65.2 Å². The summed E-state index contributed by atoms with van der Waals surface area (Å²) in [6, 6.07) is 18.6. The molecule has 172 valence electrons. The lowest BCUT2D eigenvalue weighted by Crippen LogP contribution is -2.13. The minimum Gasteiger partial charge on any atom is -0.487 e. The number of aryl methyl sites for hydroxylation is 1. The zero-order valence-corrected chi connectivity index (χ0v) is 21.5. The van der Waals surface area contributed by atoms with Crippen LogP contribution in [0.5, 0.6) is 5.75 Å². The zero-order chi connectivity index (χ0) is 24.7. The molecule has 0 aliphatic heterocycles. The Hall–Kier alpha value is -3.04. The highest BCUT2D eigenvalue weighted by Gasteiger charge is 2.15. The number of rotatable bonds is 8. The highest BCUT2D eigenvalue weighted by Crippen LogP contribution is 2.34. The number of halogens is 3. The predicted molar refractivity (Wildman–Crippen MR) is 142 cm³/mol. The van der Waals surface area contributed by atoms with Crippen LogP contribution in [0, 0.1) is 18.3 Å². The summed E-state index contributed by atoms with van der Waals surface area (Å²) in [7, 11) is 0. The average molecular weight is 556 g/mol. The van der Waals surface area contributed by atoms with Crippen LogP contribution < -0.4 is 10.1 Å². The number of nitriles is 1. The van der Waals surface area contributed by atoms with Crippen molar-refractivity contribution < 1.29 is 9.53 Å². The minimum absolute atomic E-state index is 0.0825. The molecule has 0 fully saturated rings. The molecule has 3 aromatic rings. The summed E-state index contributed by atoms with van der Waals surface area (Å²) in [5, 5.41) is 12.7. The lowest BCUT2D eigenvalue weighted by molar-refractivity contribution is -0.112. The summed E-state index contributed by atoms with van der Waals surface area (Å²) in [6.45, 7) is 6.27. The Kier molecular flexibility index (Phi) is 8.95. The molecule has 0 saturated carbocycles. The van der Waals surface area contributed by atoms with Gasteiger partial charge in [0, 0.05) is 0 Å². The van der Waals surface area contributed by atoms with E-state index < -0.39 is 5.91 Å². The van der Waals surface area contributed by atoms with Gasteiger partial charge < -0.3 is 10.1 Å². The molecule has 3 aromatic carbocycles. The Labute approximate surface area is 217 Å². The second kappa shape index (κ2) is 11.9. The number of ether oxygens (including phenoxy) is 1. The second-order valence-corrected chi connectivity index (χ2v) is 9.13. The number of amides is 1. The number of nitrogens with zero attached hydrogens (tertiary/aromatic N) is 1. The maximum atomic E-state index is 12.7. The molecule has 4 nitrogen and oxygen atoms in total. The first kappa shape index (κ1) is 25.6. The molecular weight excluding hydrogens is 535 g/mol. The largest absolute Gasteiger partial charge is 0.487 e. The number of carbonyl (C=O) groups excluding carboxylic acids is 1. The topological polar surface area (TPSA) is 62.1 Å². The van der Waals surface area contributed by atoms with Gasteiger partial charge in [-0.25, -0.2) is 0 Å². The van der Waals surface area contributed by atoms with Crippen LogP contribution in [0.15, 0.2) is 77.3 Å². The third-order valence-electron chi connectivity index (χ3n) is 4.85. The molecule has 0 aromatic heterocycles. The van der Waals surface area contributed by atoms with Crippen molar-refractivity contribution in [1.82, 2.24) is 0 Å². The van der Waals surface area contributed by atoms with Gasteiger partial charge in [0.25, 0.3) is 5.91 Å². The SMILES string of the molecule is C=CCc1cc(/C=C(/C#N)C(=O)Nc2cccc(Cl)c2Cl)cc(Br)c1OCc1cccc(C)c1. The Morgan fingerprint density at radius 1 is 1.21 bits per heavy atom. The molecule has 0 radical (unpaired) electrons. The van der Waals surface area contributed by atoms with Crippen LogP contribution in [-0.2, 0) is 17.8 Å². The van der Waals surface area contributed by atoms with Crippen molar-refractivity contribution in [3.05, 3.63) is 110 Å². The number of anilines is 1. The number of carbonyl (C=O) groups is 1. The number of hydrogen-bond acceptors (Lipinski definition) is 3. The van der Waals surface area contributed by atoms with Crippen molar-refractivity contribution in [3.8, 4) is 11.8 Å². The highest BCUT2D eigenvalue weighted by molar-refractivity contribution is 9.10. The fraction of sp³-hybridized carbons (Fsp3) is 0.111. The smallest absolute Gasteiger partial charge is 0.266 e.